The Kier molecular flexibility index (Phi) is 4.33. The Morgan fingerprint density at radius 1 is 1.43 bits per heavy atom. The maximum absolute atomic E-state index is 9.28. The Morgan fingerprint density at radius 2 is 2.24 bits per heavy atom. The van der Waals surface area contributed by atoms with Crippen LogP contribution in [0.2, 0.25) is 5.28 Å². The molecule has 1 N–H and O–H groups in total. The van der Waals surface area contributed by atoms with Crippen molar-refractivity contribution < 1.29 is 5.11 Å². The van der Waals surface area contributed by atoms with Crippen LogP contribution >= 0.6 is 22.9 Å². The molecule has 0 bridgehead atoms. The van der Waals surface area contributed by atoms with Crippen LogP contribution in [-0.2, 0) is 12.8 Å². The number of aliphatic hydroxyl groups excluding tert-OH is 1. The number of hydrogen-bond acceptors (Lipinski definition) is 5. The van der Waals surface area contributed by atoms with Crippen LogP contribution in [0.1, 0.15) is 30.7 Å². The summed E-state index contributed by atoms with van der Waals surface area (Å²) in [6, 6.07) is 0. The Hall–Kier alpha value is -0.910. The second-order valence-electron chi connectivity index (χ2n) is 5.65. The zero-order valence-corrected chi connectivity index (χ0v) is 14.0. The number of aliphatic hydroxyl groups is 1. The minimum Gasteiger partial charge on any atom is -0.395 e. The third-order valence-corrected chi connectivity index (χ3v) is 5.48. The van der Waals surface area contributed by atoms with E-state index in [2.05, 4.69) is 28.7 Å². The first-order valence-corrected chi connectivity index (χ1v) is 8.67. The average molecular weight is 326 g/mol. The molecule has 1 unspecified atom stereocenters. The van der Waals surface area contributed by atoms with E-state index in [1.807, 2.05) is 0 Å². The van der Waals surface area contributed by atoms with Gasteiger partial charge in [-0.3, -0.25) is 0 Å². The van der Waals surface area contributed by atoms with Gasteiger partial charge in [0, 0.05) is 18.0 Å². The maximum atomic E-state index is 9.28. The Labute approximate surface area is 133 Å². The SMILES string of the molecule is CCN(CCO)c1nc(Cl)nc2sc3c(c12)CCC(C)C3. The standard InChI is InChI=1S/C15H20ClN3OS/c1-3-19(6-7-20)13-12-10-5-4-9(2)8-11(10)21-14(12)18-15(16)17-13/h9,20H,3-8H2,1-2H3. The zero-order valence-electron chi connectivity index (χ0n) is 12.4. The van der Waals surface area contributed by atoms with Crippen LogP contribution in [0.15, 0.2) is 0 Å². The molecule has 1 aliphatic rings. The fourth-order valence-electron chi connectivity index (χ4n) is 3.06. The molecule has 114 valence electrons. The summed E-state index contributed by atoms with van der Waals surface area (Å²) in [6.07, 6.45) is 3.43. The molecule has 4 nitrogen and oxygen atoms in total. The lowest BCUT2D eigenvalue weighted by molar-refractivity contribution is 0.302. The van der Waals surface area contributed by atoms with Crippen molar-refractivity contribution in [1.29, 1.82) is 0 Å². The van der Waals surface area contributed by atoms with Crippen molar-refractivity contribution in [3.8, 4) is 0 Å². The first-order valence-electron chi connectivity index (χ1n) is 7.47. The molecule has 0 saturated carbocycles. The van der Waals surface area contributed by atoms with E-state index in [9.17, 15) is 5.11 Å². The second kappa shape index (κ2) is 6.07. The zero-order chi connectivity index (χ0) is 15.0. The van der Waals surface area contributed by atoms with E-state index < -0.39 is 0 Å². The summed E-state index contributed by atoms with van der Waals surface area (Å²) < 4.78 is 0. The Bertz CT molecular complexity index is 658. The van der Waals surface area contributed by atoms with Crippen molar-refractivity contribution in [2.75, 3.05) is 24.6 Å². The normalized spacial score (nSPS) is 18.0. The molecule has 0 amide bonds. The van der Waals surface area contributed by atoms with Gasteiger partial charge in [0.05, 0.1) is 12.0 Å². The smallest absolute Gasteiger partial charge is 0.225 e. The van der Waals surface area contributed by atoms with Gasteiger partial charge in [-0.15, -0.1) is 11.3 Å². The summed E-state index contributed by atoms with van der Waals surface area (Å²) in [5, 5.41) is 10.7. The number of aryl methyl sites for hydroxylation is 1. The third kappa shape index (κ3) is 2.74. The van der Waals surface area contributed by atoms with E-state index in [1.165, 1.54) is 16.9 Å². The first kappa shape index (κ1) is 15.0. The van der Waals surface area contributed by atoms with Gasteiger partial charge in [0.2, 0.25) is 5.28 Å². The van der Waals surface area contributed by atoms with Crippen molar-refractivity contribution in [3.05, 3.63) is 15.7 Å². The third-order valence-electron chi connectivity index (χ3n) is 4.16. The second-order valence-corrected chi connectivity index (χ2v) is 7.07. The average Bonchev–Trinajstić information content (AvgIpc) is 2.80. The Balaban J connectivity index is 2.18. The predicted molar refractivity (Wildman–Crippen MR) is 88.6 cm³/mol. The van der Waals surface area contributed by atoms with Gasteiger partial charge in [-0.05, 0) is 49.3 Å². The molecule has 0 radical (unpaired) electrons. The van der Waals surface area contributed by atoms with Crippen LogP contribution < -0.4 is 4.90 Å². The minimum absolute atomic E-state index is 0.111. The molecule has 6 heteroatoms. The lowest BCUT2D eigenvalue weighted by Crippen LogP contribution is -2.27. The van der Waals surface area contributed by atoms with Crippen molar-refractivity contribution in [1.82, 2.24) is 9.97 Å². The summed E-state index contributed by atoms with van der Waals surface area (Å²) in [5.41, 5.74) is 1.40. The predicted octanol–water partition coefficient (Wildman–Crippen LogP) is 3.29. The summed E-state index contributed by atoms with van der Waals surface area (Å²) in [5.74, 6) is 1.62. The number of hydrogen-bond donors (Lipinski definition) is 1. The summed E-state index contributed by atoms with van der Waals surface area (Å²) in [6.45, 7) is 5.85. The summed E-state index contributed by atoms with van der Waals surface area (Å²) in [7, 11) is 0. The monoisotopic (exact) mass is 325 g/mol. The molecule has 1 aliphatic carbocycles. The highest BCUT2D eigenvalue weighted by Gasteiger charge is 2.25. The number of likely N-dealkylation sites (N-methyl/N-ethyl adjacent to an activating group) is 1. The molecule has 0 saturated heterocycles. The van der Waals surface area contributed by atoms with Crippen LogP contribution in [0, 0.1) is 5.92 Å². The molecule has 0 aromatic carbocycles. The van der Waals surface area contributed by atoms with Crippen LogP contribution in [-0.4, -0.2) is 34.8 Å². The number of nitrogens with zero attached hydrogens (tertiary/aromatic N) is 3. The highest BCUT2D eigenvalue weighted by molar-refractivity contribution is 7.19. The fraction of sp³-hybridized carbons (Fsp3) is 0.600. The van der Waals surface area contributed by atoms with Crippen molar-refractivity contribution in [3.63, 3.8) is 0 Å². The fourth-order valence-corrected chi connectivity index (χ4v) is 4.65. The molecule has 0 aliphatic heterocycles. The Morgan fingerprint density at radius 3 is 2.95 bits per heavy atom. The maximum Gasteiger partial charge on any atom is 0.225 e. The van der Waals surface area contributed by atoms with Gasteiger partial charge < -0.3 is 10.0 Å². The van der Waals surface area contributed by atoms with E-state index in [4.69, 9.17) is 11.6 Å². The topological polar surface area (TPSA) is 49.2 Å². The number of rotatable bonds is 4. The number of thiophene rings is 1. The molecule has 0 spiro atoms. The van der Waals surface area contributed by atoms with E-state index in [-0.39, 0.29) is 6.61 Å². The van der Waals surface area contributed by atoms with Crippen LogP contribution in [0.4, 0.5) is 5.82 Å². The van der Waals surface area contributed by atoms with E-state index in [0.29, 0.717) is 11.8 Å². The van der Waals surface area contributed by atoms with Gasteiger partial charge in [0.1, 0.15) is 10.6 Å². The number of halogens is 1. The first-order chi connectivity index (χ1) is 10.1. The van der Waals surface area contributed by atoms with Crippen molar-refractivity contribution in [2.24, 2.45) is 5.92 Å². The van der Waals surface area contributed by atoms with E-state index in [1.54, 1.807) is 11.3 Å². The molecule has 0 fully saturated rings. The van der Waals surface area contributed by atoms with Gasteiger partial charge >= 0.3 is 0 Å². The molecule has 1 atom stereocenters. The van der Waals surface area contributed by atoms with Crippen molar-refractivity contribution >= 4 is 39.0 Å². The molecule has 2 heterocycles. The van der Waals surface area contributed by atoms with Crippen LogP contribution in [0.3, 0.4) is 0 Å². The van der Waals surface area contributed by atoms with Gasteiger partial charge in [0.15, 0.2) is 0 Å². The molecule has 21 heavy (non-hydrogen) atoms. The lowest BCUT2D eigenvalue weighted by atomic mass is 9.89. The van der Waals surface area contributed by atoms with Gasteiger partial charge in [0.25, 0.3) is 0 Å². The van der Waals surface area contributed by atoms with E-state index in [0.717, 1.165) is 41.3 Å². The van der Waals surface area contributed by atoms with Crippen LogP contribution in [0.5, 0.6) is 0 Å². The van der Waals surface area contributed by atoms with Crippen molar-refractivity contribution in [2.45, 2.75) is 33.1 Å². The van der Waals surface area contributed by atoms with Crippen LogP contribution in [0.25, 0.3) is 10.2 Å². The number of fused-ring (bicyclic) bond motifs is 3. The molecule has 3 rings (SSSR count). The highest BCUT2D eigenvalue weighted by atomic mass is 35.5. The molecular weight excluding hydrogens is 306 g/mol. The quantitative estimate of drug-likeness (QED) is 0.876. The number of anilines is 1. The summed E-state index contributed by atoms with van der Waals surface area (Å²) in [4.78, 5) is 13.4. The van der Waals surface area contributed by atoms with Gasteiger partial charge in [-0.1, -0.05) is 6.92 Å². The molecule has 2 aromatic rings. The van der Waals surface area contributed by atoms with Gasteiger partial charge in [-0.25, -0.2) is 4.98 Å². The highest BCUT2D eigenvalue weighted by Crippen LogP contribution is 2.41. The minimum atomic E-state index is 0.111. The largest absolute Gasteiger partial charge is 0.395 e. The molecule has 2 aromatic heterocycles. The van der Waals surface area contributed by atoms with Gasteiger partial charge in [-0.2, -0.15) is 4.98 Å². The number of aromatic nitrogens is 2. The molecular formula is C15H20ClN3OS. The summed E-state index contributed by atoms with van der Waals surface area (Å²) >= 11 is 7.87. The van der Waals surface area contributed by atoms with E-state index >= 15 is 0 Å². The lowest BCUT2D eigenvalue weighted by Gasteiger charge is -2.23.